The summed E-state index contributed by atoms with van der Waals surface area (Å²) in [6.45, 7) is 2.74. The molecule has 3 unspecified atom stereocenters. The maximum Gasteiger partial charge on any atom is 0.243 e. The normalized spacial score (nSPS) is 31.9. The third kappa shape index (κ3) is 1.72. The highest BCUT2D eigenvalue weighted by molar-refractivity contribution is 6.03. The Morgan fingerprint density at radius 2 is 2.30 bits per heavy atom. The summed E-state index contributed by atoms with van der Waals surface area (Å²) in [5, 5.41) is 19.0. The average Bonchev–Trinajstić information content (AvgIpc) is 2.57. The highest BCUT2D eigenvalue weighted by atomic mass is 16.5. The molecule has 1 aromatic rings. The van der Waals surface area contributed by atoms with Gasteiger partial charge in [0.15, 0.2) is 5.69 Å². The zero-order valence-electron chi connectivity index (χ0n) is 11.2. The molecule has 0 aliphatic carbocycles. The molecule has 0 bridgehead atoms. The lowest BCUT2D eigenvalue weighted by Gasteiger charge is -2.40. The molecule has 3 aliphatic rings. The van der Waals surface area contributed by atoms with E-state index in [4.69, 9.17) is 0 Å². The number of piperidine rings is 1. The molecule has 4 rings (SSSR count). The number of para-hydroxylation sites is 1. The number of anilines is 2. The second-order valence-corrected chi connectivity index (χ2v) is 5.83. The van der Waals surface area contributed by atoms with Crippen LogP contribution in [0.5, 0.6) is 0 Å². The number of nitrogens with zero attached hydrogens (tertiary/aromatic N) is 1. The molecule has 0 spiro atoms. The zero-order chi connectivity index (χ0) is 13.7. The second-order valence-electron chi connectivity index (χ2n) is 5.83. The van der Waals surface area contributed by atoms with Crippen molar-refractivity contribution in [3.05, 3.63) is 23.4 Å². The van der Waals surface area contributed by atoms with Crippen LogP contribution in [0.4, 0.5) is 17.1 Å². The van der Waals surface area contributed by atoms with Crippen LogP contribution in [-0.2, 0) is 4.79 Å². The van der Waals surface area contributed by atoms with E-state index in [0.717, 1.165) is 36.6 Å². The van der Waals surface area contributed by atoms with Gasteiger partial charge in [0.05, 0.1) is 18.8 Å². The number of carbonyl (C=O) groups is 1. The van der Waals surface area contributed by atoms with Gasteiger partial charge < -0.3 is 25.8 Å². The summed E-state index contributed by atoms with van der Waals surface area (Å²) in [7, 11) is 0. The number of amides is 1. The summed E-state index contributed by atoms with van der Waals surface area (Å²) in [6.07, 6.45) is 0.985. The molecule has 0 aromatic heterocycles. The van der Waals surface area contributed by atoms with E-state index >= 15 is 0 Å². The summed E-state index contributed by atoms with van der Waals surface area (Å²) >= 11 is 0. The summed E-state index contributed by atoms with van der Waals surface area (Å²) in [5.74, 6) is 0.309. The number of quaternary nitrogens is 1. The number of nitrogens with one attached hydrogen (secondary N) is 3. The van der Waals surface area contributed by atoms with Gasteiger partial charge >= 0.3 is 0 Å². The van der Waals surface area contributed by atoms with Gasteiger partial charge in [0.2, 0.25) is 5.91 Å². The molecule has 0 saturated carbocycles. The smallest absolute Gasteiger partial charge is 0.243 e. The van der Waals surface area contributed by atoms with E-state index in [-0.39, 0.29) is 17.0 Å². The van der Waals surface area contributed by atoms with Crippen molar-refractivity contribution in [2.45, 2.75) is 12.5 Å². The van der Waals surface area contributed by atoms with Gasteiger partial charge in [-0.1, -0.05) is 6.07 Å². The minimum absolute atomic E-state index is 0.0151. The summed E-state index contributed by atoms with van der Waals surface area (Å²) in [4.78, 5) is 14.1. The Morgan fingerprint density at radius 3 is 3.20 bits per heavy atom. The van der Waals surface area contributed by atoms with E-state index in [2.05, 4.69) is 15.5 Å². The molecule has 3 aliphatic heterocycles. The fraction of sp³-hybridized carbons (Fsp3) is 0.500. The summed E-state index contributed by atoms with van der Waals surface area (Å²) < 4.78 is 0. The van der Waals surface area contributed by atoms with Crippen LogP contribution >= 0.6 is 0 Å². The van der Waals surface area contributed by atoms with Crippen molar-refractivity contribution < 1.29 is 9.86 Å². The van der Waals surface area contributed by atoms with Gasteiger partial charge in [0.1, 0.15) is 5.69 Å². The number of benzene rings is 1. The zero-order valence-corrected chi connectivity index (χ0v) is 11.2. The predicted octanol–water partition coefficient (Wildman–Crippen LogP) is -0.549. The van der Waals surface area contributed by atoms with E-state index < -0.39 is 0 Å². The van der Waals surface area contributed by atoms with Crippen molar-refractivity contribution >= 4 is 23.0 Å². The van der Waals surface area contributed by atoms with Crippen LogP contribution in [0.1, 0.15) is 6.42 Å². The van der Waals surface area contributed by atoms with Crippen molar-refractivity contribution in [1.82, 2.24) is 5.32 Å². The molecule has 1 saturated heterocycles. The second kappa shape index (κ2) is 4.44. The average molecular weight is 274 g/mol. The molecule has 6 heteroatoms. The number of hydrogen-bond donors (Lipinski definition) is 3. The van der Waals surface area contributed by atoms with Gasteiger partial charge in [-0.3, -0.25) is 4.79 Å². The van der Waals surface area contributed by atoms with Gasteiger partial charge in [-0.15, -0.1) is 0 Å². The SMILES string of the molecule is O=C1CN2c3c(cccc3[NH+]([O-])CC3CNCCC32)N1. The van der Waals surface area contributed by atoms with Crippen LogP contribution in [0.15, 0.2) is 18.2 Å². The minimum atomic E-state index is 0.0151. The maximum atomic E-state index is 12.5. The third-order valence-corrected chi connectivity index (χ3v) is 4.63. The topological polar surface area (TPSA) is 71.9 Å². The van der Waals surface area contributed by atoms with Crippen molar-refractivity contribution in [2.75, 3.05) is 36.4 Å². The van der Waals surface area contributed by atoms with Gasteiger partial charge in [0.25, 0.3) is 0 Å². The highest BCUT2D eigenvalue weighted by Gasteiger charge is 2.40. The third-order valence-electron chi connectivity index (χ3n) is 4.63. The molecule has 6 nitrogen and oxygen atoms in total. The molecule has 1 fully saturated rings. The van der Waals surface area contributed by atoms with Crippen molar-refractivity contribution in [2.24, 2.45) is 5.92 Å². The lowest BCUT2D eigenvalue weighted by atomic mass is 9.91. The van der Waals surface area contributed by atoms with Gasteiger partial charge in [-0.2, -0.15) is 0 Å². The van der Waals surface area contributed by atoms with Crippen LogP contribution in [0.25, 0.3) is 0 Å². The van der Waals surface area contributed by atoms with Gasteiger partial charge in [-0.25, -0.2) is 0 Å². The number of hydroxylamine groups is 1. The van der Waals surface area contributed by atoms with Gasteiger partial charge in [-0.05, 0) is 19.0 Å². The number of fused-ring (bicyclic) bond motifs is 2. The number of carbonyl (C=O) groups excluding carboxylic acids is 1. The quantitative estimate of drug-likeness (QED) is 0.555. The summed E-state index contributed by atoms with van der Waals surface area (Å²) in [5.41, 5.74) is 2.48. The molecule has 0 radical (unpaired) electrons. The largest absolute Gasteiger partial charge is 0.629 e. The molecule has 20 heavy (non-hydrogen) atoms. The minimum Gasteiger partial charge on any atom is -0.629 e. The van der Waals surface area contributed by atoms with E-state index in [1.807, 2.05) is 18.2 Å². The maximum absolute atomic E-state index is 12.5. The van der Waals surface area contributed by atoms with Crippen LogP contribution in [0.2, 0.25) is 0 Å². The fourth-order valence-corrected chi connectivity index (χ4v) is 3.76. The molecule has 3 atom stereocenters. The molecular weight excluding hydrogens is 256 g/mol. The Bertz CT molecular complexity index is 562. The summed E-state index contributed by atoms with van der Waals surface area (Å²) in [6, 6.07) is 5.91. The molecule has 106 valence electrons. The first-order valence-electron chi connectivity index (χ1n) is 7.17. The van der Waals surface area contributed by atoms with E-state index in [1.165, 1.54) is 0 Å². The van der Waals surface area contributed by atoms with Crippen LogP contribution in [0.3, 0.4) is 0 Å². The Morgan fingerprint density at radius 1 is 1.40 bits per heavy atom. The first kappa shape index (κ1) is 12.1. The first-order valence-corrected chi connectivity index (χ1v) is 7.17. The molecule has 3 heterocycles. The van der Waals surface area contributed by atoms with Gasteiger partial charge in [0, 0.05) is 24.6 Å². The standard InChI is InChI=1S/C14H18N4O2/c19-13-8-17-11-4-5-15-6-9(11)7-18(20)12-3-1-2-10(16-13)14(12)17/h1-3,9,11,15,18H,4-8H2,(H,16,19). The first-order chi connectivity index (χ1) is 9.74. The number of hydrogen-bond acceptors (Lipinski definition) is 4. The molecule has 1 aromatic carbocycles. The monoisotopic (exact) mass is 274 g/mol. The lowest BCUT2D eigenvalue weighted by Crippen LogP contribution is -3.03. The Hall–Kier alpha value is -1.63. The lowest BCUT2D eigenvalue weighted by molar-refractivity contribution is -0.779. The predicted molar refractivity (Wildman–Crippen MR) is 76.0 cm³/mol. The van der Waals surface area contributed by atoms with E-state index in [9.17, 15) is 10.0 Å². The van der Waals surface area contributed by atoms with Crippen molar-refractivity contribution in [3.8, 4) is 0 Å². The van der Waals surface area contributed by atoms with E-state index in [0.29, 0.717) is 19.0 Å². The number of rotatable bonds is 0. The van der Waals surface area contributed by atoms with Crippen LogP contribution in [-0.4, -0.2) is 38.1 Å². The molecule has 3 N–H and O–H groups in total. The van der Waals surface area contributed by atoms with Crippen molar-refractivity contribution in [1.29, 1.82) is 0 Å². The molecule has 1 amide bonds. The molecular formula is C14H18N4O2. The van der Waals surface area contributed by atoms with Crippen molar-refractivity contribution in [3.63, 3.8) is 0 Å². The fourth-order valence-electron chi connectivity index (χ4n) is 3.76. The highest BCUT2D eigenvalue weighted by Crippen LogP contribution is 2.39. The van der Waals surface area contributed by atoms with Crippen LogP contribution in [0, 0.1) is 11.1 Å². The Labute approximate surface area is 117 Å². The Balaban J connectivity index is 1.87. The van der Waals surface area contributed by atoms with Crippen LogP contribution < -0.4 is 20.6 Å². The van der Waals surface area contributed by atoms with E-state index in [1.54, 1.807) is 0 Å². The Kier molecular flexibility index (Phi) is 2.70.